The van der Waals surface area contributed by atoms with Crippen molar-refractivity contribution < 1.29 is 19.4 Å². The Bertz CT molecular complexity index is 378. The number of nitrogens with one attached hydrogen (secondary N) is 1. The first kappa shape index (κ1) is 14.4. The molecule has 0 aliphatic rings. The average Bonchev–Trinajstić information content (AvgIpc) is 2.36. The third-order valence-electron chi connectivity index (χ3n) is 2.12. The van der Waals surface area contributed by atoms with Crippen molar-refractivity contribution in [2.45, 2.75) is 20.1 Å². The summed E-state index contributed by atoms with van der Waals surface area (Å²) in [7, 11) is 0. The number of amides is 1. The Balaban J connectivity index is 2.49. The van der Waals surface area contributed by atoms with Crippen molar-refractivity contribution in [3.05, 3.63) is 24.0 Å². The fraction of sp³-hybridized carbons (Fsp3) is 0.500. The third kappa shape index (κ3) is 4.68. The van der Waals surface area contributed by atoms with Gasteiger partial charge >= 0.3 is 0 Å². The van der Waals surface area contributed by atoms with Crippen LogP contribution in [0.1, 0.15) is 24.2 Å². The normalized spacial score (nSPS) is 10.6. The largest absolute Gasteiger partial charge is 0.506 e. The van der Waals surface area contributed by atoms with E-state index in [0.29, 0.717) is 18.8 Å². The van der Waals surface area contributed by atoms with E-state index in [1.54, 1.807) is 0 Å². The highest BCUT2D eigenvalue weighted by atomic mass is 16.7. The monoisotopic (exact) mass is 254 g/mol. The number of hydrogen-bond acceptors (Lipinski definition) is 5. The van der Waals surface area contributed by atoms with E-state index < -0.39 is 6.29 Å². The topological polar surface area (TPSA) is 80.7 Å². The van der Waals surface area contributed by atoms with Crippen LogP contribution in [0.5, 0.6) is 5.75 Å². The van der Waals surface area contributed by atoms with Gasteiger partial charge in [-0.05, 0) is 19.9 Å². The van der Waals surface area contributed by atoms with E-state index in [4.69, 9.17) is 9.47 Å². The first-order valence-electron chi connectivity index (χ1n) is 5.82. The van der Waals surface area contributed by atoms with Gasteiger partial charge in [0.25, 0.3) is 5.91 Å². The van der Waals surface area contributed by atoms with E-state index in [-0.39, 0.29) is 18.2 Å². The minimum atomic E-state index is -0.464. The molecule has 0 unspecified atom stereocenters. The Hall–Kier alpha value is -1.66. The standard InChI is InChI=1S/C12H18N2O4/c1-3-17-11(18-4-2)8-14-12(16)9-5-10(15)7-13-6-9/h5-7,11,15H,3-4,8H2,1-2H3,(H,14,16). The summed E-state index contributed by atoms with van der Waals surface area (Å²) in [4.78, 5) is 15.5. The second kappa shape index (κ2) is 7.62. The Morgan fingerprint density at radius 1 is 1.39 bits per heavy atom. The van der Waals surface area contributed by atoms with E-state index in [1.165, 1.54) is 18.5 Å². The van der Waals surface area contributed by atoms with E-state index in [1.807, 2.05) is 13.8 Å². The molecule has 0 spiro atoms. The number of hydrogen-bond donors (Lipinski definition) is 2. The van der Waals surface area contributed by atoms with Crippen molar-refractivity contribution in [2.75, 3.05) is 19.8 Å². The fourth-order valence-corrected chi connectivity index (χ4v) is 1.37. The Morgan fingerprint density at radius 2 is 2.06 bits per heavy atom. The van der Waals surface area contributed by atoms with Gasteiger partial charge in [0.2, 0.25) is 0 Å². The molecular formula is C12H18N2O4. The van der Waals surface area contributed by atoms with E-state index >= 15 is 0 Å². The molecule has 1 aromatic heterocycles. The minimum Gasteiger partial charge on any atom is -0.506 e. The third-order valence-corrected chi connectivity index (χ3v) is 2.12. The molecule has 18 heavy (non-hydrogen) atoms. The van der Waals surface area contributed by atoms with Gasteiger partial charge < -0.3 is 19.9 Å². The SMILES string of the molecule is CCOC(CNC(=O)c1cncc(O)c1)OCC. The van der Waals surface area contributed by atoms with Gasteiger partial charge in [0.05, 0.1) is 18.3 Å². The first-order chi connectivity index (χ1) is 8.67. The van der Waals surface area contributed by atoms with Gasteiger partial charge in [-0.15, -0.1) is 0 Å². The van der Waals surface area contributed by atoms with Crippen LogP contribution >= 0.6 is 0 Å². The molecule has 0 aromatic carbocycles. The molecule has 0 radical (unpaired) electrons. The molecule has 0 saturated carbocycles. The number of rotatable bonds is 7. The molecule has 100 valence electrons. The van der Waals surface area contributed by atoms with Gasteiger partial charge in [-0.1, -0.05) is 0 Å². The second-order valence-electron chi connectivity index (χ2n) is 3.48. The number of aromatic nitrogens is 1. The van der Waals surface area contributed by atoms with Crippen molar-refractivity contribution in [1.82, 2.24) is 10.3 Å². The number of pyridine rings is 1. The summed E-state index contributed by atoms with van der Waals surface area (Å²) in [5.74, 6) is -0.378. The van der Waals surface area contributed by atoms with Crippen LogP contribution in [0.3, 0.4) is 0 Å². The quantitative estimate of drug-likeness (QED) is 0.707. The van der Waals surface area contributed by atoms with Crippen LogP contribution < -0.4 is 5.32 Å². The number of carbonyl (C=O) groups excluding carboxylic acids is 1. The van der Waals surface area contributed by atoms with Crippen LogP contribution in [-0.4, -0.2) is 42.0 Å². The summed E-state index contributed by atoms with van der Waals surface area (Å²) in [5.41, 5.74) is 0.293. The zero-order valence-corrected chi connectivity index (χ0v) is 10.5. The molecule has 0 bridgehead atoms. The van der Waals surface area contributed by atoms with Gasteiger partial charge in [0, 0.05) is 19.4 Å². The van der Waals surface area contributed by atoms with Gasteiger partial charge in [0.15, 0.2) is 6.29 Å². The summed E-state index contributed by atoms with van der Waals surface area (Å²) >= 11 is 0. The molecule has 0 fully saturated rings. The van der Waals surface area contributed by atoms with Crippen molar-refractivity contribution in [3.63, 3.8) is 0 Å². The summed E-state index contributed by atoms with van der Waals surface area (Å²) in [6.07, 6.45) is 2.18. The maximum Gasteiger partial charge on any atom is 0.253 e. The molecule has 6 heteroatoms. The van der Waals surface area contributed by atoms with Crippen molar-refractivity contribution in [2.24, 2.45) is 0 Å². The predicted molar refractivity (Wildman–Crippen MR) is 65.3 cm³/mol. The maximum absolute atomic E-state index is 11.7. The fourth-order valence-electron chi connectivity index (χ4n) is 1.37. The van der Waals surface area contributed by atoms with Crippen molar-refractivity contribution in [3.8, 4) is 5.75 Å². The Labute approximate surface area is 106 Å². The van der Waals surface area contributed by atoms with Gasteiger partial charge in [-0.25, -0.2) is 0 Å². The Kier molecular flexibility index (Phi) is 6.10. The minimum absolute atomic E-state index is 0.0474. The van der Waals surface area contributed by atoms with Crippen LogP contribution in [0.25, 0.3) is 0 Å². The predicted octanol–water partition coefficient (Wildman–Crippen LogP) is 0.916. The molecular weight excluding hydrogens is 236 g/mol. The molecule has 0 atom stereocenters. The van der Waals surface area contributed by atoms with Gasteiger partial charge in [-0.3, -0.25) is 9.78 Å². The van der Waals surface area contributed by atoms with Crippen LogP contribution in [-0.2, 0) is 9.47 Å². The molecule has 6 nitrogen and oxygen atoms in total. The molecule has 1 aromatic rings. The molecule has 0 aliphatic heterocycles. The van der Waals surface area contributed by atoms with Crippen LogP contribution in [0, 0.1) is 0 Å². The highest BCUT2D eigenvalue weighted by Crippen LogP contribution is 2.08. The lowest BCUT2D eigenvalue weighted by atomic mass is 10.2. The maximum atomic E-state index is 11.7. The molecule has 2 N–H and O–H groups in total. The van der Waals surface area contributed by atoms with Gasteiger partial charge in [-0.2, -0.15) is 0 Å². The molecule has 0 aliphatic carbocycles. The van der Waals surface area contributed by atoms with Crippen LogP contribution in [0.15, 0.2) is 18.5 Å². The first-order valence-corrected chi connectivity index (χ1v) is 5.82. The van der Waals surface area contributed by atoms with E-state index in [0.717, 1.165) is 0 Å². The number of carbonyl (C=O) groups is 1. The second-order valence-corrected chi connectivity index (χ2v) is 3.48. The molecule has 1 rings (SSSR count). The smallest absolute Gasteiger partial charge is 0.253 e. The lowest BCUT2D eigenvalue weighted by Crippen LogP contribution is -2.35. The summed E-state index contributed by atoms with van der Waals surface area (Å²) in [6, 6.07) is 1.35. The lowest BCUT2D eigenvalue weighted by molar-refractivity contribution is -0.131. The number of ether oxygens (including phenoxy) is 2. The van der Waals surface area contributed by atoms with E-state index in [2.05, 4.69) is 10.3 Å². The summed E-state index contributed by atoms with van der Waals surface area (Å²) < 4.78 is 10.6. The zero-order valence-electron chi connectivity index (χ0n) is 10.5. The zero-order chi connectivity index (χ0) is 13.4. The molecule has 1 amide bonds. The van der Waals surface area contributed by atoms with Crippen molar-refractivity contribution >= 4 is 5.91 Å². The van der Waals surface area contributed by atoms with Gasteiger partial charge in [0.1, 0.15) is 5.75 Å². The summed E-state index contributed by atoms with van der Waals surface area (Å²) in [6.45, 7) is 4.97. The molecule has 0 saturated heterocycles. The Morgan fingerprint density at radius 3 is 2.61 bits per heavy atom. The van der Waals surface area contributed by atoms with Crippen LogP contribution in [0.4, 0.5) is 0 Å². The van der Waals surface area contributed by atoms with Crippen LogP contribution in [0.2, 0.25) is 0 Å². The highest BCUT2D eigenvalue weighted by Gasteiger charge is 2.11. The highest BCUT2D eigenvalue weighted by molar-refractivity contribution is 5.94. The molecule has 1 heterocycles. The summed E-state index contributed by atoms with van der Waals surface area (Å²) in [5, 5.41) is 11.9. The number of nitrogens with zero attached hydrogens (tertiary/aromatic N) is 1. The average molecular weight is 254 g/mol. The van der Waals surface area contributed by atoms with E-state index in [9.17, 15) is 9.90 Å². The lowest BCUT2D eigenvalue weighted by Gasteiger charge is -2.17. The van der Waals surface area contributed by atoms with Crippen molar-refractivity contribution in [1.29, 1.82) is 0 Å². The number of aromatic hydroxyl groups is 1.